The van der Waals surface area contributed by atoms with E-state index in [2.05, 4.69) is 30.5 Å². The second kappa shape index (κ2) is 6.71. The molecule has 92 valence electrons. The van der Waals surface area contributed by atoms with Crippen molar-refractivity contribution < 1.29 is 4.42 Å². The van der Waals surface area contributed by atoms with Crippen molar-refractivity contribution in [1.82, 2.24) is 10.6 Å². The highest BCUT2D eigenvalue weighted by molar-refractivity contribution is 5.19. The van der Waals surface area contributed by atoms with Crippen LogP contribution in [0.2, 0.25) is 0 Å². The first kappa shape index (κ1) is 13.3. The summed E-state index contributed by atoms with van der Waals surface area (Å²) in [5.41, 5.74) is 1.27. The fraction of sp³-hybridized carbons (Fsp3) is 0.692. The van der Waals surface area contributed by atoms with Crippen molar-refractivity contribution in [2.75, 3.05) is 19.6 Å². The van der Waals surface area contributed by atoms with Crippen molar-refractivity contribution in [3.05, 3.63) is 23.2 Å². The molecule has 0 amide bonds. The molecule has 0 bridgehead atoms. The van der Waals surface area contributed by atoms with Crippen LogP contribution in [-0.2, 0) is 6.54 Å². The number of aryl methyl sites for hydroxylation is 2. The minimum Gasteiger partial charge on any atom is -0.466 e. The lowest BCUT2D eigenvalue weighted by Gasteiger charge is -2.07. The van der Waals surface area contributed by atoms with Gasteiger partial charge in [-0.25, -0.2) is 0 Å². The summed E-state index contributed by atoms with van der Waals surface area (Å²) in [6.45, 7) is 12.4. The second-order valence-electron chi connectivity index (χ2n) is 4.71. The first-order chi connectivity index (χ1) is 7.59. The van der Waals surface area contributed by atoms with E-state index >= 15 is 0 Å². The van der Waals surface area contributed by atoms with E-state index in [1.165, 1.54) is 5.56 Å². The Morgan fingerprint density at radius 3 is 2.44 bits per heavy atom. The molecule has 0 radical (unpaired) electrons. The average molecular weight is 224 g/mol. The van der Waals surface area contributed by atoms with Crippen LogP contribution >= 0.6 is 0 Å². The Morgan fingerprint density at radius 2 is 1.88 bits per heavy atom. The molecule has 0 atom stereocenters. The van der Waals surface area contributed by atoms with Crippen LogP contribution in [0, 0.1) is 19.8 Å². The molecule has 0 fully saturated rings. The summed E-state index contributed by atoms with van der Waals surface area (Å²) in [7, 11) is 0. The van der Waals surface area contributed by atoms with Crippen molar-refractivity contribution in [1.29, 1.82) is 0 Å². The quantitative estimate of drug-likeness (QED) is 0.697. The Balaban J connectivity index is 2.09. The molecule has 1 aromatic heterocycles. The molecular formula is C13H24N2O. The van der Waals surface area contributed by atoms with E-state index in [4.69, 9.17) is 4.42 Å². The van der Waals surface area contributed by atoms with E-state index in [1.807, 2.05) is 13.8 Å². The first-order valence-electron chi connectivity index (χ1n) is 6.07. The number of hydrogen-bond donors (Lipinski definition) is 2. The fourth-order valence-electron chi connectivity index (χ4n) is 1.65. The molecular weight excluding hydrogens is 200 g/mol. The standard InChI is InChI=1S/C13H24N2O/c1-10(2)8-14-5-6-15-9-13-7-11(3)16-12(13)4/h7,10,14-15H,5-6,8-9H2,1-4H3. The summed E-state index contributed by atoms with van der Waals surface area (Å²) in [5.74, 6) is 2.74. The summed E-state index contributed by atoms with van der Waals surface area (Å²) in [4.78, 5) is 0. The van der Waals surface area contributed by atoms with Crippen LogP contribution in [0.3, 0.4) is 0 Å². The van der Waals surface area contributed by atoms with Crippen LogP contribution in [0.5, 0.6) is 0 Å². The van der Waals surface area contributed by atoms with Gasteiger partial charge in [-0.15, -0.1) is 0 Å². The Labute approximate surface area is 98.6 Å². The van der Waals surface area contributed by atoms with Crippen LogP contribution in [0.1, 0.15) is 30.9 Å². The van der Waals surface area contributed by atoms with Gasteiger partial charge in [-0.2, -0.15) is 0 Å². The van der Waals surface area contributed by atoms with Crippen LogP contribution in [0.15, 0.2) is 10.5 Å². The summed E-state index contributed by atoms with van der Waals surface area (Å²) < 4.78 is 5.47. The minimum atomic E-state index is 0.721. The Morgan fingerprint density at radius 1 is 1.19 bits per heavy atom. The molecule has 3 nitrogen and oxygen atoms in total. The van der Waals surface area contributed by atoms with Crippen molar-refractivity contribution in [2.24, 2.45) is 5.92 Å². The maximum atomic E-state index is 5.47. The maximum absolute atomic E-state index is 5.47. The normalized spacial score (nSPS) is 11.3. The number of rotatable bonds is 7. The predicted molar refractivity (Wildman–Crippen MR) is 67.6 cm³/mol. The zero-order valence-corrected chi connectivity index (χ0v) is 10.9. The Kier molecular flexibility index (Phi) is 5.56. The summed E-state index contributed by atoms with van der Waals surface area (Å²) in [6, 6.07) is 2.10. The van der Waals surface area contributed by atoms with Crippen LogP contribution in [0.4, 0.5) is 0 Å². The van der Waals surface area contributed by atoms with Gasteiger partial charge < -0.3 is 15.1 Å². The van der Waals surface area contributed by atoms with Gasteiger partial charge in [-0.1, -0.05) is 13.8 Å². The smallest absolute Gasteiger partial charge is 0.105 e. The molecule has 0 saturated heterocycles. The van der Waals surface area contributed by atoms with Gasteiger partial charge in [0.1, 0.15) is 11.5 Å². The van der Waals surface area contributed by atoms with E-state index in [0.29, 0.717) is 0 Å². The number of nitrogens with one attached hydrogen (secondary N) is 2. The third-order valence-electron chi connectivity index (χ3n) is 2.49. The molecule has 0 unspecified atom stereocenters. The van der Waals surface area contributed by atoms with Gasteiger partial charge in [-0.3, -0.25) is 0 Å². The third kappa shape index (κ3) is 4.81. The summed E-state index contributed by atoms with van der Waals surface area (Å²) in [5, 5.41) is 6.81. The van der Waals surface area contributed by atoms with Gasteiger partial charge in [0.2, 0.25) is 0 Å². The van der Waals surface area contributed by atoms with Crippen molar-refractivity contribution in [3.63, 3.8) is 0 Å². The third-order valence-corrected chi connectivity index (χ3v) is 2.49. The fourth-order valence-corrected chi connectivity index (χ4v) is 1.65. The molecule has 2 N–H and O–H groups in total. The van der Waals surface area contributed by atoms with Crippen LogP contribution in [-0.4, -0.2) is 19.6 Å². The van der Waals surface area contributed by atoms with Crippen LogP contribution in [0.25, 0.3) is 0 Å². The van der Waals surface area contributed by atoms with E-state index in [0.717, 1.165) is 43.6 Å². The van der Waals surface area contributed by atoms with Crippen molar-refractivity contribution in [3.8, 4) is 0 Å². The monoisotopic (exact) mass is 224 g/mol. The molecule has 1 heterocycles. The molecule has 0 spiro atoms. The van der Waals surface area contributed by atoms with Gasteiger partial charge in [0.15, 0.2) is 0 Å². The van der Waals surface area contributed by atoms with E-state index in [-0.39, 0.29) is 0 Å². The van der Waals surface area contributed by atoms with Crippen molar-refractivity contribution >= 4 is 0 Å². The largest absolute Gasteiger partial charge is 0.466 e. The molecule has 0 aromatic carbocycles. The molecule has 16 heavy (non-hydrogen) atoms. The number of hydrogen-bond acceptors (Lipinski definition) is 3. The van der Waals surface area contributed by atoms with Gasteiger partial charge in [-0.05, 0) is 32.4 Å². The van der Waals surface area contributed by atoms with Gasteiger partial charge in [0.25, 0.3) is 0 Å². The topological polar surface area (TPSA) is 37.2 Å². The lowest BCUT2D eigenvalue weighted by atomic mass is 10.2. The number of furan rings is 1. The highest BCUT2D eigenvalue weighted by Gasteiger charge is 2.03. The van der Waals surface area contributed by atoms with E-state index in [1.54, 1.807) is 0 Å². The molecule has 0 aliphatic carbocycles. The molecule has 0 saturated carbocycles. The molecule has 0 aliphatic heterocycles. The minimum absolute atomic E-state index is 0.721. The first-order valence-corrected chi connectivity index (χ1v) is 6.07. The molecule has 1 aromatic rings. The highest BCUT2D eigenvalue weighted by Crippen LogP contribution is 2.12. The second-order valence-corrected chi connectivity index (χ2v) is 4.71. The SMILES string of the molecule is Cc1cc(CNCCNCC(C)C)c(C)o1. The maximum Gasteiger partial charge on any atom is 0.105 e. The van der Waals surface area contributed by atoms with Crippen LogP contribution < -0.4 is 10.6 Å². The lowest BCUT2D eigenvalue weighted by molar-refractivity contribution is 0.497. The Hall–Kier alpha value is -0.800. The van der Waals surface area contributed by atoms with Crippen molar-refractivity contribution in [2.45, 2.75) is 34.2 Å². The van der Waals surface area contributed by atoms with Gasteiger partial charge in [0, 0.05) is 25.2 Å². The highest BCUT2D eigenvalue weighted by atomic mass is 16.3. The molecule has 1 rings (SSSR count). The Bertz CT molecular complexity index is 305. The molecule has 3 heteroatoms. The zero-order valence-electron chi connectivity index (χ0n) is 10.9. The summed E-state index contributed by atoms with van der Waals surface area (Å²) in [6.07, 6.45) is 0. The predicted octanol–water partition coefficient (Wildman–Crippen LogP) is 2.23. The van der Waals surface area contributed by atoms with E-state index < -0.39 is 0 Å². The van der Waals surface area contributed by atoms with Gasteiger partial charge in [0.05, 0.1) is 0 Å². The lowest BCUT2D eigenvalue weighted by Crippen LogP contribution is -2.29. The summed E-state index contributed by atoms with van der Waals surface area (Å²) >= 11 is 0. The van der Waals surface area contributed by atoms with Gasteiger partial charge >= 0.3 is 0 Å². The molecule has 0 aliphatic rings. The zero-order chi connectivity index (χ0) is 12.0. The average Bonchev–Trinajstić information content (AvgIpc) is 2.50. The van der Waals surface area contributed by atoms with E-state index in [9.17, 15) is 0 Å².